The summed E-state index contributed by atoms with van der Waals surface area (Å²) in [5.74, 6) is -2.68. The molecule has 2 heterocycles. The van der Waals surface area contributed by atoms with Crippen molar-refractivity contribution in [1.29, 1.82) is 0 Å². The Morgan fingerprint density at radius 3 is 2.56 bits per heavy atom. The molecule has 0 saturated heterocycles. The van der Waals surface area contributed by atoms with E-state index in [1.807, 2.05) is 0 Å². The zero-order valence-electron chi connectivity index (χ0n) is 13.2. The molecule has 0 spiro atoms. The van der Waals surface area contributed by atoms with Crippen LogP contribution in [0.4, 0.5) is 19.0 Å². The van der Waals surface area contributed by atoms with Crippen LogP contribution in [-0.2, 0) is 9.53 Å². The van der Waals surface area contributed by atoms with E-state index in [1.165, 1.54) is 0 Å². The lowest BCUT2D eigenvalue weighted by atomic mass is 10.5. The normalized spacial score (nSPS) is 11.6. The van der Waals surface area contributed by atoms with Gasteiger partial charge in [-0.2, -0.15) is 28.1 Å². The van der Waals surface area contributed by atoms with Crippen LogP contribution in [-0.4, -0.2) is 58.8 Å². The average Bonchev–Trinajstić information content (AvgIpc) is 2.89. The van der Waals surface area contributed by atoms with Crippen LogP contribution in [0.2, 0.25) is 0 Å². The van der Waals surface area contributed by atoms with Crippen LogP contribution in [0, 0.1) is 0 Å². The maximum absolute atomic E-state index is 12.4. The average molecular weight is 365 g/mol. The molecule has 0 bridgehead atoms. The predicted octanol–water partition coefficient (Wildman–Crippen LogP) is 0.350. The molecule has 0 aliphatic carbocycles. The van der Waals surface area contributed by atoms with E-state index >= 15 is 0 Å². The van der Waals surface area contributed by atoms with Gasteiger partial charge in [-0.3, -0.25) is 0 Å². The number of hydrogen-bond acceptors (Lipinski definition) is 9. The summed E-state index contributed by atoms with van der Waals surface area (Å²) in [4.78, 5) is 26.8. The Labute approximate surface area is 138 Å². The van der Waals surface area contributed by atoms with Gasteiger partial charge in [-0.05, 0) is 6.92 Å². The number of hydrogen-bond donors (Lipinski definition) is 1. The predicted molar refractivity (Wildman–Crippen MR) is 75.9 cm³/mol. The number of imidazole rings is 1. The van der Waals surface area contributed by atoms with Crippen LogP contribution in [0.3, 0.4) is 0 Å². The van der Waals surface area contributed by atoms with Gasteiger partial charge in [0.25, 0.3) is 0 Å². The molecule has 0 fully saturated rings. The zero-order valence-corrected chi connectivity index (χ0v) is 13.2. The summed E-state index contributed by atoms with van der Waals surface area (Å²) >= 11 is 0. The van der Waals surface area contributed by atoms with Gasteiger partial charge in [0.2, 0.25) is 5.65 Å². The van der Waals surface area contributed by atoms with Crippen molar-refractivity contribution in [3.05, 3.63) is 0 Å². The van der Waals surface area contributed by atoms with Gasteiger partial charge in [0.15, 0.2) is 11.3 Å². The van der Waals surface area contributed by atoms with Gasteiger partial charge in [-0.15, -0.1) is 0 Å². The molecule has 0 aromatic carbocycles. The first kappa shape index (κ1) is 18.5. The Kier molecular flexibility index (Phi) is 5.46. The zero-order chi connectivity index (χ0) is 18.6. The fourth-order valence-electron chi connectivity index (χ4n) is 1.67. The lowest BCUT2D eigenvalue weighted by Crippen LogP contribution is -2.33. The van der Waals surface area contributed by atoms with Crippen molar-refractivity contribution in [2.75, 3.05) is 32.7 Å². The molecule has 2 aromatic heterocycles. The van der Waals surface area contributed by atoms with E-state index in [1.54, 1.807) is 6.92 Å². The molecule has 0 atom stereocenters. The quantitative estimate of drug-likeness (QED) is 0.692. The number of ether oxygens (including phenoxy) is 3. The Hall–Kier alpha value is -2.83. The molecule has 2 aromatic rings. The number of carbonyl (C=O) groups is 1. The number of fused-ring (bicyclic) bond motifs is 1. The van der Waals surface area contributed by atoms with Crippen LogP contribution >= 0.6 is 0 Å². The molecule has 2 rings (SSSR count). The minimum atomic E-state index is -5.23. The van der Waals surface area contributed by atoms with Crippen molar-refractivity contribution in [3.8, 4) is 12.0 Å². The van der Waals surface area contributed by atoms with Crippen LogP contribution in [0.1, 0.15) is 6.92 Å². The molecule has 13 heteroatoms. The molecular formula is C12H14F3N5O5. The molecule has 25 heavy (non-hydrogen) atoms. The third-order valence-corrected chi connectivity index (χ3v) is 2.70. The number of nitrogens with two attached hydrogens (primary N) is 1. The molecule has 0 amide bonds. The first-order valence-electron chi connectivity index (χ1n) is 6.87. The number of anilines is 1. The van der Waals surface area contributed by atoms with Gasteiger partial charge in [0.05, 0.1) is 13.7 Å². The first-order valence-corrected chi connectivity index (χ1v) is 6.87. The Balaban J connectivity index is 2.38. The van der Waals surface area contributed by atoms with Gasteiger partial charge >= 0.3 is 24.2 Å². The van der Waals surface area contributed by atoms with Gasteiger partial charge in [0.1, 0.15) is 6.61 Å². The Morgan fingerprint density at radius 1 is 1.24 bits per heavy atom. The number of carbonyl (C=O) groups excluding carboxylic acids is 1. The van der Waals surface area contributed by atoms with Crippen molar-refractivity contribution in [2.24, 2.45) is 0 Å². The maximum Gasteiger partial charge on any atom is 0.493 e. The van der Waals surface area contributed by atoms with E-state index in [4.69, 9.17) is 19.9 Å². The van der Waals surface area contributed by atoms with Crippen molar-refractivity contribution in [1.82, 2.24) is 19.7 Å². The SMILES string of the molecule is CCOCCOc1nc(N)c2nc(OC)n(OC(=O)C(F)(F)F)c2n1. The van der Waals surface area contributed by atoms with Gasteiger partial charge < -0.3 is 24.8 Å². The van der Waals surface area contributed by atoms with E-state index in [9.17, 15) is 18.0 Å². The summed E-state index contributed by atoms with van der Waals surface area (Å²) in [6, 6.07) is -0.725. The number of nitrogen functional groups attached to an aromatic ring is 1. The summed E-state index contributed by atoms with van der Waals surface area (Å²) in [6.45, 7) is 2.58. The highest BCUT2D eigenvalue weighted by molar-refractivity contribution is 5.84. The van der Waals surface area contributed by atoms with Crippen molar-refractivity contribution in [3.63, 3.8) is 0 Å². The monoisotopic (exact) mass is 365 g/mol. The molecule has 10 nitrogen and oxygen atoms in total. The second kappa shape index (κ2) is 7.38. The van der Waals surface area contributed by atoms with Crippen molar-refractivity contribution < 1.29 is 37.0 Å². The summed E-state index contributed by atoms with van der Waals surface area (Å²) < 4.78 is 52.7. The minimum Gasteiger partial charge on any atom is -0.466 e. The van der Waals surface area contributed by atoms with Gasteiger partial charge in [-0.1, -0.05) is 4.73 Å². The van der Waals surface area contributed by atoms with Crippen LogP contribution < -0.4 is 20.0 Å². The van der Waals surface area contributed by atoms with Gasteiger partial charge in [0, 0.05) is 6.61 Å². The second-order valence-corrected chi connectivity index (χ2v) is 4.38. The summed E-state index contributed by atoms with van der Waals surface area (Å²) in [5.41, 5.74) is 5.24. The van der Waals surface area contributed by atoms with Gasteiger partial charge in [-0.25, -0.2) is 4.79 Å². The highest BCUT2D eigenvalue weighted by atomic mass is 19.4. The molecule has 2 N–H and O–H groups in total. The lowest BCUT2D eigenvalue weighted by molar-refractivity contribution is -0.199. The minimum absolute atomic E-state index is 0.0758. The first-order chi connectivity index (χ1) is 11.8. The number of halogens is 3. The largest absolute Gasteiger partial charge is 0.493 e. The number of methoxy groups -OCH3 is 1. The summed E-state index contributed by atoms with van der Waals surface area (Å²) in [7, 11) is 1.11. The highest BCUT2D eigenvalue weighted by Crippen LogP contribution is 2.25. The number of rotatable bonds is 7. The van der Waals surface area contributed by atoms with Crippen molar-refractivity contribution in [2.45, 2.75) is 13.1 Å². The Morgan fingerprint density at radius 2 is 1.96 bits per heavy atom. The molecule has 138 valence electrons. The standard InChI is InChI=1S/C12H14F3N5O5/c1-3-23-4-5-24-10-18-7(16)6-8(19-10)20(11(17-6)22-2)25-9(21)12(13,14)15/h3-5H2,1-2H3,(H2,16,18,19). The van der Waals surface area contributed by atoms with Crippen LogP contribution in [0.15, 0.2) is 0 Å². The third kappa shape index (κ3) is 4.17. The smallest absolute Gasteiger partial charge is 0.466 e. The molecular weight excluding hydrogens is 351 g/mol. The number of aromatic nitrogens is 4. The summed E-state index contributed by atoms with van der Waals surface area (Å²) in [6.07, 6.45) is -5.23. The fourth-order valence-corrected chi connectivity index (χ4v) is 1.67. The van der Waals surface area contributed by atoms with E-state index in [0.717, 1.165) is 7.11 Å². The number of nitrogens with zero attached hydrogens (tertiary/aromatic N) is 4. The molecule has 0 aliphatic heterocycles. The molecule has 0 radical (unpaired) electrons. The van der Waals surface area contributed by atoms with Crippen LogP contribution in [0.5, 0.6) is 12.0 Å². The lowest BCUT2D eigenvalue weighted by Gasteiger charge is -2.09. The molecule has 0 saturated carbocycles. The Bertz CT molecular complexity index is 764. The fraction of sp³-hybridized carbons (Fsp3) is 0.500. The second-order valence-electron chi connectivity index (χ2n) is 4.38. The summed E-state index contributed by atoms with van der Waals surface area (Å²) in [5, 5.41) is 0. The van der Waals surface area contributed by atoms with E-state index in [2.05, 4.69) is 19.8 Å². The third-order valence-electron chi connectivity index (χ3n) is 2.70. The maximum atomic E-state index is 12.4. The molecule has 0 aliphatic rings. The number of alkyl halides is 3. The van der Waals surface area contributed by atoms with E-state index < -0.39 is 18.2 Å². The molecule has 0 unspecified atom stereocenters. The van der Waals surface area contributed by atoms with E-state index in [-0.39, 0.29) is 36.2 Å². The van der Waals surface area contributed by atoms with Crippen molar-refractivity contribution >= 4 is 23.0 Å². The van der Waals surface area contributed by atoms with Crippen LogP contribution in [0.25, 0.3) is 11.2 Å². The topological polar surface area (TPSA) is 124 Å². The highest BCUT2D eigenvalue weighted by Gasteiger charge is 2.43. The van der Waals surface area contributed by atoms with E-state index in [0.29, 0.717) is 11.3 Å².